The van der Waals surface area contributed by atoms with Gasteiger partial charge in [-0.15, -0.1) is 12.4 Å². The number of carbonyl (C=O) groups excluding carboxylic acids is 1. The second-order valence-corrected chi connectivity index (χ2v) is 5.95. The molecule has 2 unspecified atom stereocenters. The number of halogens is 2. The number of hydrogen-bond donors (Lipinski definition) is 2. The Bertz CT molecular complexity index is 503. The number of carbonyl (C=O) groups is 1. The largest absolute Gasteiger partial charge is 0.495 e. The van der Waals surface area contributed by atoms with E-state index in [4.69, 9.17) is 9.47 Å². The van der Waals surface area contributed by atoms with Crippen LogP contribution in [0.4, 0.5) is 0 Å². The van der Waals surface area contributed by atoms with Crippen molar-refractivity contribution in [2.45, 2.75) is 31.8 Å². The minimum Gasteiger partial charge on any atom is -0.495 e. The Morgan fingerprint density at radius 2 is 1.91 bits per heavy atom. The molecule has 0 bridgehead atoms. The third-order valence-electron chi connectivity index (χ3n) is 3.79. The average Bonchev–Trinajstić information content (AvgIpc) is 2.49. The molecule has 0 radical (unpaired) electrons. The predicted octanol–water partition coefficient (Wildman–Crippen LogP) is 2.76. The molecule has 0 aliphatic carbocycles. The van der Waals surface area contributed by atoms with Crippen LogP contribution in [0, 0.1) is 0 Å². The smallest absolute Gasteiger partial charge is 0.251 e. The van der Waals surface area contributed by atoms with Gasteiger partial charge in [0.25, 0.3) is 5.91 Å². The van der Waals surface area contributed by atoms with Gasteiger partial charge in [-0.3, -0.25) is 4.79 Å². The fourth-order valence-electron chi connectivity index (χ4n) is 2.49. The van der Waals surface area contributed by atoms with Crippen LogP contribution in [0.2, 0.25) is 0 Å². The first-order chi connectivity index (χ1) is 10.1. The highest BCUT2D eigenvalue weighted by atomic mass is 79.9. The second-order valence-electron chi connectivity index (χ2n) is 5.16. The first-order valence-electron chi connectivity index (χ1n) is 7.02. The standard InChI is InChI=1S/C15H21BrN2O3.ClH/c1-9-11(5-4-6-17-9)18-15(19)10-7-12(20-2)14(16)13(8-10)21-3;/h7-9,11,17H,4-6H2,1-3H3,(H,18,19);1H. The minimum absolute atomic E-state index is 0. The summed E-state index contributed by atoms with van der Waals surface area (Å²) < 4.78 is 11.2. The van der Waals surface area contributed by atoms with Gasteiger partial charge in [-0.05, 0) is 54.4 Å². The first-order valence-corrected chi connectivity index (χ1v) is 7.82. The van der Waals surface area contributed by atoms with E-state index in [0.717, 1.165) is 19.4 Å². The maximum absolute atomic E-state index is 12.4. The van der Waals surface area contributed by atoms with Crippen molar-refractivity contribution in [1.29, 1.82) is 0 Å². The number of amides is 1. The average molecular weight is 394 g/mol. The van der Waals surface area contributed by atoms with Gasteiger partial charge in [0.2, 0.25) is 0 Å². The number of piperidine rings is 1. The van der Waals surface area contributed by atoms with Crippen LogP contribution < -0.4 is 20.1 Å². The molecule has 0 saturated carbocycles. The van der Waals surface area contributed by atoms with Gasteiger partial charge in [0.15, 0.2) is 0 Å². The van der Waals surface area contributed by atoms with Crippen molar-refractivity contribution in [3.05, 3.63) is 22.2 Å². The lowest BCUT2D eigenvalue weighted by Gasteiger charge is -2.30. The van der Waals surface area contributed by atoms with Crippen molar-refractivity contribution in [2.24, 2.45) is 0 Å². The Balaban J connectivity index is 0.00000242. The van der Waals surface area contributed by atoms with Crippen LogP contribution in [0.3, 0.4) is 0 Å². The molecule has 22 heavy (non-hydrogen) atoms. The predicted molar refractivity (Wildman–Crippen MR) is 92.4 cm³/mol. The number of ether oxygens (including phenoxy) is 2. The molecule has 0 spiro atoms. The van der Waals surface area contributed by atoms with Crippen molar-refractivity contribution in [1.82, 2.24) is 10.6 Å². The molecule has 1 aliphatic rings. The van der Waals surface area contributed by atoms with Gasteiger partial charge in [-0.2, -0.15) is 0 Å². The number of rotatable bonds is 4. The van der Waals surface area contributed by atoms with Crippen molar-refractivity contribution in [3.63, 3.8) is 0 Å². The van der Waals surface area contributed by atoms with E-state index >= 15 is 0 Å². The van der Waals surface area contributed by atoms with E-state index < -0.39 is 0 Å². The molecule has 1 saturated heterocycles. The molecule has 1 aliphatic heterocycles. The van der Waals surface area contributed by atoms with E-state index in [2.05, 4.69) is 33.5 Å². The highest BCUT2D eigenvalue weighted by Crippen LogP contribution is 2.35. The van der Waals surface area contributed by atoms with Crippen molar-refractivity contribution in [2.75, 3.05) is 20.8 Å². The topological polar surface area (TPSA) is 59.6 Å². The normalized spacial score (nSPS) is 20.7. The molecule has 1 aromatic carbocycles. The summed E-state index contributed by atoms with van der Waals surface area (Å²) in [6.07, 6.45) is 2.06. The number of methoxy groups -OCH3 is 2. The molecule has 1 fully saturated rings. The molecule has 0 aromatic heterocycles. The zero-order chi connectivity index (χ0) is 15.4. The Hall–Kier alpha value is -0.980. The van der Waals surface area contributed by atoms with Crippen LogP contribution in [0.25, 0.3) is 0 Å². The Morgan fingerprint density at radius 3 is 2.41 bits per heavy atom. The molecule has 1 heterocycles. The third-order valence-corrected chi connectivity index (χ3v) is 4.57. The number of nitrogens with one attached hydrogen (secondary N) is 2. The molecule has 2 rings (SSSR count). The Morgan fingerprint density at radius 1 is 1.32 bits per heavy atom. The summed E-state index contributed by atoms with van der Waals surface area (Å²) in [7, 11) is 3.13. The van der Waals surface area contributed by atoms with Crippen molar-refractivity contribution in [3.8, 4) is 11.5 Å². The number of benzene rings is 1. The Kier molecular flexibility index (Phi) is 7.45. The van der Waals surface area contributed by atoms with Gasteiger partial charge in [0.1, 0.15) is 16.0 Å². The summed E-state index contributed by atoms with van der Waals surface area (Å²) in [5.74, 6) is 1.04. The minimum atomic E-state index is -0.111. The Labute approximate surface area is 145 Å². The zero-order valence-corrected chi connectivity index (χ0v) is 15.3. The molecule has 124 valence electrons. The quantitative estimate of drug-likeness (QED) is 0.826. The fraction of sp³-hybridized carbons (Fsp3) is 0.533. The maximum Gasteiger partial charge on any atom is 0.251 e. The second kappa shape index (κ2) is 8.60. The highest BCUT2D eigenvalue weighted by molar-refractivity contribution is 9.10. The van der Waals surface area contributed by atoms with E-state index in [1.54, 1.807) is 26.4 Å². The molecule has 5 nitrogen and oxygen atoms in total. The lowest BCUT2D eigenvalue weighted by molar-refractivity contribution is 0.0919. The van der Waals surface area contributed by atoms with Crippen LogP contribution in [-0.4, -0.2) is 38.8 Å². The molecular formula is C15H22BrClN2O3. The molecule has 1 aromatic rings. The van der Waals surface area contributed by atoms with Crippen molar-refractivity contribution < 1.29 is 14.3 Å². The van der Waals surface area contributed by atoms with Crippen LogP contribution >= 0.6 is 28.3 Å². The SMILES string of the molecule is COc1cc(C(=O)NC2CCCNC2C)cc(OC)c1Br.Cl. The van der Waals surface area contributed by atoms with Gasteiger partial charge >= 0.3 is 0 Å². The van der Waals surface area contributed by atoms with Gasteiger partial charge in [0.05, 0.1) is 14.2 Å². The van der Waals surface area contributed by atoms with Crippen molar-refractivity contribution >= 4 is 34.2 Å². The van der Waals surface area contributed by atoms with Gasteiger partial charge < -0.3 is 20.1 Å². The van der Waals surface area contributed by atoms with E-state index in [1.807, 2.05) is 0 Å². The molecule has 2 N–H and O–H groups in total. The highest BCUT2D eigenvalue weighted by Gasteiger charge is 2.23. The first kappa shape index (κ1) is 19.1. The number of hydrogen-bond acceptors (Lipinski definition) is 4. The molecular weight excluding hydrogens is 372 g/mol. The van der Waals surface area contributed by atoms with Gasteiger partial charge in [0, 0.05) is 17.6 Å². The van der Waals surface area contributed by atoms with E-state index in [1.165, 1.54) is 0 Å². The maximum atomic E-state index is 12.4. The van der Waals surface area contributed by atoms with E-state index in [-0.39, 0.29) is 30.4 Å². The van der Waals surface area contributed by atoms with E-state index in [0.29, 0.717) is 21.5 Å². The molecule has 2 atom stereocenters. The van der Waals surface area contributed by atoms with E-state index in [9.17, 15) is 4.79 Å². The van der Waals surface area contributed by atoms with Gasteiger partial charge in [-0.25, -0.2) is 0 Å². The third kappa shape index (κ3) is 4.27. The zero-order valence-electron chi connectivity index (χ0n) is 12.9. The van der Waals surface area contributed by atoms with Gasteiger partial charge in [-0.1, -0.05) is 0 Å². The summed E-state index contributed by atoms with van der Waals surface area (Å²) in [5.41, 5.74) is 0.532. The van der Waals surface area contributed by atoms with Crippen LogP contribution in [0.15, 0.2) is 16.6 Å². The van der Waals surface area contributed by atoms with Crippen LogP contribution in [0.1, 0.15) is 30.1 Å². The molecule has 7 heteroatoms. The lowest BCUT2D eigenvalue weighted by atomic mass is 9.99. The summed E-state index contributed by atoms with van der Waals surface area (Å²) in [6, 6.07) is 3.85. The summed E-state index contributed by atoms with van der Waals surface area (Å²) in [6.45, 7) is 3.10. The summed E-state index contributed by atoms with van der Waals surface area (Å²) >= 11 is 3.40. The summed E-state index contributed by atoms with van der Waals surface area (Å²) in [5, 5.41) is 6.45. The van der Waals surface area contributed by atoms with Crippen LogP contribution in [-0.2, 0) is 0 Å². The van der Waals surface area contributed by atoms with Crippen LogP contribution in [0.5, 0.6) is 11.5 Å². The lowest BCUT2D eigenvalue weighted by Crippen LogP contribution is -2.51. The fourth-order valence-corrected chi connectivity index (χ4v) is 3.05. The molecule has 1 amide bonds. The monoisotopic (exact) mass is 392 g/mol. The summed E-state index contributed by atoms with van der Waals surface area (Å²) in [4.78, 5) is 12.4.